The van der Waals surface area contributed by atoms with Gasteiger partial charge in [0.25, 0.3) is 0 Å². The molecule has 0 radical (unpaired) electrons. The number of ether oxygens (including phenoxy) is 7. The average Bonchev–Trinajstić information content (AvgIpc) is 3.18. The monoisotopic (exact) mass is 598 g/mol. The van der Waals surface area contributed by atoms with E-state index in [1.807, 2.05) is 0 Å². The molecule has 8 aliphatic rings. The first-order valence-corrected chi connectivity index (χ1v) is 16.2. The highest BCUT2D eigenvalue weighted by atomic mass is 16.9. The zero-order chi connectivity index (χ0) is 30.5. The predicted molar refractivity (Wildman–Crippen MR) is 152 cm³/mol. The van der Waals surface area contributed by atoms with Gasteiger partial charge in [-0.25, -0.2) is 0 Å². The molecule has 236 valence electrons. The summed E-state index contributed by atoms with van der Waals surface area (Å²) in [6.07, 6.45) is 5.87. The smallest absolute Gasteiger partial charge is 0.303 e. The molecule has 2 saturated carbocycles. The number of rotatable bonds is 2. The molecule has 0 aromatic rings. The van der Waals surface area contributed by atoms with Crippen molar-refractivity contribution in [2.45, 2.75) is 142 Å². The Balaban J connectivity index is 1.36. The van der Waals surface area contributed by atoms with Gasteiger partial charge in [-0.2, -0.15) is 0 Å². The summed E-state index contributed by atoms with van der Waals surface area (Å²) in [5.74, 6) is -0.715. The molecule has 4 aliphatic heterocycles. The molecule has 4 saturated heterocycles. The largest absolute Gasteiger partial charge is 0.458 e. The molecule has 0 N–H and O–H groups in total. The van der Waals surface area contributed by atoms with Crippen LogP contribution in [-0.2, 0) is 42.7 Å². The van der Waals surface area contributed by atoms with Crippen LogP contribution in [0.5, 0.6) is 0 Å². The molecule has 4 heterocycles. The van der Waals surface area contributed by atoms with Crippen molar-refractivity contribution in [2.24, 2.45) is 33.5 Å². The Hall–Kier alpha value is -1.78. The average molecular weight is 599 g/mol. The van der Waals surface area contributed by atoms with E-state index in [9.17, 15) is 9.59 Å². The van der Waals surface area contributed by atoms with Crippen molar-refractivity contribution >= 4 is 11.9 Å². The zero-order valence-electron chi connectivity index (χ0n) is 26.7. The summed E-state index contributed by atoms with van der Waals surface area (Å²) < 4.78 is 47.4. The van der Waals surface area contributed by atoms with Gasteiger partial charge in [0.15, 0.2) is 36.4 Å². The standard InChI is InChI=1S/C34H46O9/c1-17(35)37-21-15-19-25-39-27-33(19,31(7)13-9-11-29(3,4)23(21)31)43-26-20-16-22(38-18(2)36)24-30(5,6)12-10-14-32(24,8)34(20,42-25)28(40-26)41-27/h15-16,21-28H,9-14H2,1-8H3/t21-,22-,23+,24+,25+,26+,27-,28+,31+,32+,33+,34-/m1/s1. The minimum atomic E-state index is -1.01. The highest BCUT2D eigenvalue weighted by Crippen LogP contribution is 2.74. The third-order valence-electron chi connectivity index (χ3n) is 13.1. The van der Waals surface area contributed by atoms with Gasteiger partial charge in [-0.05, 0) is 48.7 Å². The van der Waals surface area contributed by atoms with Crippen molar-refractivity contribution in [3.63, 3.8) is 0 Å². The Labute approximate surface area is 253 Å². The first kappa shape index (κ1) is 28.7. The molecule has 4 aliphatic carbocycles. The van der Waals surface area contributed by atoms with Gasteiger partial charge >= 0.3 is 11.9 Å². The fourth-order valence-corrected chi connectivity index (χ4v) is 11.9. The molecule has 9 heteroatoms. The molecule has 8 rings (SSSR count). The summed E-state index contributed by atoms with van der Waals surface area (Å²) in [4.78, 5) is 24.9. The van der Waals surface area contributed by atoms with E-state index in [-0.39, 0.29) is 34.6 Å². The van der Waals surface area contributed by atoms with Gasteiger partial charge in [-0.3, -0.25) is 9.59 Å². The summed E-state index contributed by atoms with van der Waals surface area (Å²) in [5, 5.41) is 0. The van der Waals surface area contributed by atoms with Crippen LogP contribution in [0.4, 0.5) is 0 Å². The summed E-state index contributed by atoms with van der Waals surface area (Å²) in [7, 11) is 0. The molecular formula is C34H46O9. The van der Waals surface area contributed by atoms with Crippen molar-refractivity contribution in [2.75, 3.05) is 0 Å². The second kappa shape index (κ2) is 8.52. The number of esters is 2. The van der Waals surface area contributed by atoms with Crippen molar-refractivity contribution in [3.8, 4) is 0 Å². The lowest BCUT2D eigenvalue weighted by Gasteiger charge is -2.65. The van der Waals surface area contributed by atoms with E-state index in [2.05, 4.69) is 53.7 Å². The lowest BCUT2D eigenvalue weighted by Crippen LogP contribution is -2.72. The Morgan fingerprint density at radius 3 is 1.42 bits per heavy atom. The van der Waals surface area contributed by atoms with E-state index in [1.165, 1.54) is 13.8 Å². The fourth-order valence-electron chi connectivity index (χ4n) is 11.9. The molecule has 6 fully saturated rings. The van der Waals surface area contributed by atoms with E-state index in [1.54, 1.807) is 0 Å². The molecule has 0 aromatic heterocycles. The van der Waals surface area contributed by atoms with Crippen LogP contribution in [0.15, 0.2) is 23.3 Å². The van der Waals surface area contributed by atoms with E-state index in [4.69, 9.17) is 33.2 Å². The molecule has 9 nitrogen and oxygen atoms in total. The van der Waals surface area contributed by atoms with Gasteiger partial charge in [-0.15, -0.1) is 0 Å². The number of fused-ring (bicyclic) bond motifs is 6. The molecule has 0 amide bonds. The Morgan fingerprint density at radius 2 is 1.05 bits per heavy atom. The zero-order valence-corrected chi connectivity index (χ0v) is 26.7. The summed E-state index contributed by atoms with van der Waals surface area (Å²) in [6.45, 7) is 16.5. The SMILES string of the molecule is CC(=O)O[C@@H]1C=C2[C@H]3O[C@H]4O[C@H]5O[C@@H](O[C@]24[C@@]2(C)CCCC(C)(C)[C@H]12)C1=C[C@@H](OC(C)=O)[C@H]2C(C)(C)CCC[C@]2(C)[C@]15O3. The molecule has 2 spiro atoms. The van der Waals surface area contributed by atoms with Crippen molar-refractivity contribution in [1.29, 1.82) is 0 Å². The van der Waals surface area contributed by atoms with Gasteiger partial charge in [0.2, 0.25) is 0 Å². The second-order valence-corrected chi connectivity index (χ2v) is 16.3. The topological polar surface area (TPSA) is 98.8 Å². The maximum atomic E-state index is 12.5. The van der Waals surface area contributed by atoms with Gasteiger partial charge in [0.1, 0.15) is 12.2 Å². The van der Waals surface area contributed by atoms with Gasteiger partial charge in [0, 0.05) is 47.7 Å². The van der Waals surface area contributed by atoms with Gasteiger partial charge in [0.05, 0.1) is 0 Å². The second-order valence-electron chi connectivity index (χ2n) is 16.3. The van der Waals surface area contributed by atoms with Crippen LogP contribution in [0.2, 0.25) is 0 Å². The number of carbonyl (C=O) groups excluding carboxylic acids is 2. The summed E-state index contributed by atoms with van der Waals surface area (Å²) in [6, 6.07) is 0. The maximum absolute atomic E-state index is 12.5. The molecule has 4 bridgehead atoms. The Kier molecular flexibility index (Phi) is 5.68. The van der Waals surface area contributed by atoms with E-state index >= 15 is 0 Å². The summed E-state index contributed by atoms with van der Waals surface area (Å²) >= 11 is 0. The van der Waals surface area contributed by atoms with E-state index < -0.39 is 59.4 Å². The first-order chi connectivity index (χ1) is 20.1. The van der Waals surface area contributed by atoms with Crippen LogP contribution in [-0.4, -0.2) is 60.5 Å². The molecule has 43 heavy (non-hydrogen) atoms. The maximum Gasteiger partial charge on any atom is 0.303 e. The van der Waals surface area contributed by atoms with Gasteiger partial charge in [-0.1, -0.05) is 54.4 Å². The van der Waals surface area contributed by atoms with Crippen molar-refractivity contribution < 1.29 is 42.7 Å². The highest BCUT2D eigenvalue weighted by Gasteiger charge is 2.83. The number of hydrogen-bond donors (Lipinski definition) is 0. The van der Waals surface area contributed by atoms with Crippen LogP contribution >= 0.6 is 0 Å². The molecule has 0 unspecified atom stereocenters. The first-order valence-electron chi connectivity index (χ1n) is 16.2. The van der Waals surface area contributed by atoms with Crippen LogP contribution in [0, 0.1) is 33.5 Å². The Bertz CT molecular complexity index is 1250. The normalized spacial score (nSPS) is 52.8. The quantitative estimate of drug-likeness (QED) is 0.309. The molecular weight excluding hydrogens is 552 g/mol. The van der Waals surface area contributed by atoms with Crippen LogP contribution < -0.4 is 0 Å². The number of carbonyl (C=O) groups is 2. The highest BCUT2D eigenvalue weighted by molar-refractivity contribution is 5.67. The van der Waals surface area contributed by atoms with Crippen LogP contribution in [0.3, 0.4) is 0 Å². The molecule has 0 aromatic carbocycles. The van der Waals surface area contributed by atoms with Crippen LogP contribution in [0.1, 0.15) is 93.9 Å². The minimum absolute atomic E-state index is 0.0502. The Morgan fingerprint density at radius 1 is 0.651 bits per heavy atom. The fraction of sp³-hybridized carbons (Fsp3) is 0.824. The number of hydrogen-bond acceptors (Lipinski definition) is 9. The lowest BCUT2D eigenvalue weighted by molar-refractivity contribution is -0.295. The minimum Gasteiger partial charge on any atom is -0.458 e. The molecule has 12 atom stereocenters. The van der Waals surface area contributed by atoms with E-state index in [0.717, 1.165) is 49.7 Å². The third-order valence-corrected chi connectivity index (χ3v) is 13.1. The van der Waals surface area contributed by atoms with Crippen LogP contribution in [0.25, 0.3) is 0 Å². The lowest BCUT2D eigenvalue weighted by atomic mass is 9.45. The summed E-state index contributed by atoms with van der Waals surface area (Å²) in [5.41, 5.74) is -1.66. The third kappa shape index (κ3) is 3.26. The van der Waals surface area contributed by atoms with Crippen molar-refractivity contribution in [3.05, 3.63) is 23.3 Å². The van der Waals surface area contributed by atoms with E-state index in [0.29, 0.717) is 0 Å². The van der Waals surface area contributed by atoms with Crippen molar-refractivity contribution in [1.82, 2.24) is 0 Å². The predicted octanol–water partition coefficient (Wildman–Crippen LogP) is 5.31. The van der Waals surface area contributed by atoms with Gasteiger partial charge < -0.3 is 33.2 Å².